The van der Waals surface area contributed by atoms with E-state index >= 15 is 0 Å². The second kappa shape index (κ2) is 29.1. The highest BCUT2D eigenvalue weighted by Gasteiger charge is 1.92. The molecule has 0 N–H and O–H groups in total. The summed E-state index contributed by atoms with van der Waals surface area (Å²) in [4.78, 5) is 20.0. The molecule has 0 bridgehead atoms. The van der Waals surface area contributed by atoms with Crippen molar-refractivity contribution in [2.45, 2.75) is 142 Å². The number of aldehydes is 2. The van der Waals surface area contributed by atoms with Gasteiger partial charge in [-0.15, -0.1) is 0 Å². The van der Waals surface area contributed by atoms with Crippen LogP contribution in [0.2, 0.25) is 0 Å². The molecule has 0 heterocycles. The fraction of sp³-hybridized carbons (Fsp3) is 0.917. The van der Waals surface area contributed by atoms with E-state index in [0.29, 0.717) is 0 Å². The van der Waals surface area contributed by atoms with Crippen molar-refractivity contribution in [3.8, 4) is 0 Å². The third-order valence-electron chi connectivity index (χ3n) is 4.85. The normalized spacial score (nSPS) is 10.2. The standard InChI is InChI=1S/C13H26O.C11H22O/c1-2-3-4-5-6-7-8-9-10-11-12-13-14;1-2-3-4-5-6-7-8-9-10-11-12/h13H,2-12H2,1H3;11H,2-10H2,1H3. The molecule has 0 fully saturated rings. The molecule has 26 heavy (non-hydrogen) atoms. The van der Waals surface area contributed by atoms with E-state index in [1.807, 2.05) is 0 Å². The Kier molecular flexibility index (Phi) is 30.9. The summed E-state index contributed by atoms with van der Waals surface area (Å²) in [5.41, 5.74) is 0. The van der Waals surface area contributed by atoms with E-state index in [4.69, 9.17) is 0 Å². The van der Waals surface area contributed by atoms with Crippen molar-refractivity contribution in [2.75, 3.05) is 0 Å². The summed E-state index contributed by atoms with van der Waals surface area (Å²) in [6.45, 7) is 4.50. The van der Waals surface area contributed by atoms with Gasteiger partial charge in [-0.05, 0) is 12.8 Å². The quantitative estimate of drug-likeness (QED) is 0.160. The maximum atomic E-state index is 10.0. The molecule has 0 atom stereocenters. The van der Waals surface area contributed by atoms with Gasteiger partial charge in [-0.2, -0.15) is 0 Å². The van der Waals surface area contributed by atoms with Crippen molar-refractivity contribution >= 4 is 12.6 Å². The lowest BCUT2D eigenvalue weighted by atomic mass is 10.1. The smallest absolute Gasteiger partial charge is 0.119 e. The first-order valence-electron chi connectivity index (χ1n) is 11.7. The summed E-state index contributed by atoms with van der Waals surface area (Å²) >= 11 is 0. The SMILES string of the molecule is CCCCCCCCCCC=O.CCCCCCCCCCCCC=O. The van der Waals surface area contributed by atoms with Gasteiger partial charge in [0.05, 0.1) is 0 Å². The topological polar surface area (TPSA) is 34.1 Å². The highest BCUT2D eigenvalue weighted by Crippen LogP contribution is 2.11. The fourth-order valence-electron chi connectivity index (χ4n) is 3.08. The molecule has 2 heteroatoms. The maximum absolute atomic E-state index is 10.0. The van der Waals surface area contributed by atoms with Crippen LogP contribution in [0, 0.1) is 0 Å². The summed E-state index contributed by atoms with van der Waals surface area (Å²) in [6.07, 6.45) is 27.5. The van der Waals surface area contributed by atoms with Crippen LogP contribution in [0.4, 0.5) is 0 Å². The first kappa shape index (κ1) is 27.6. The molecule has 0 spiro atoms. The largest absolute Gasteiger partial charge is 0.303 e. The van der Waals surface area contributed by atoms with Gasteiger partial charge in [-0.25, -0.2) is 0 Å². The molecule has 0 aromatic carbocycles. The lowest BCUT2D eigenvalue weighted by molar-refractivity contribution is -0.108. The van der Waals surface area contributed by atoms with Crippen LogP contribution in [0.1, 0.15) is 142 Å². The molecule has 0 saturated carbocycles. The summed E-state index contributed by atoms with van der Waals surface area (Å²) in [5, 5.41) is 0. The Bertz CT molecular complexity index is 251. The van der Waals surface area contributed by atoms with Gasteiger partial charge in [0.15, 0.2) is 0 Å². The van der Waals surface area contributed by atoms with Gasteiger partial charge in [0, 0.05) is 12.8 Å². The van der Waals surface area contributed by atoms with Crippen LogP contribution in [0.15, 0.2) is 0 Å². The minimum atomic E-state index is 0.759. The van der Waals surface area contributed by atoms with Crippen LogP contribution < -0.4 is 0 Å². The van der Waals surface area contributed by atoms with Gasteiger partial charge in [0.25, 0.3) is 0 Å². The molecule has 0 saturated heterocycles. The zero-order valence-electron chi connectivity index (χ0n) is 18.1. The van der Waals surface area contributed by atoms with Crippen molar-refractivity contribution in [1.82, 2.24) is 0 Å². The van der Waals surface area contributed by atoms with Crippen LogP contribution in [0.25, 0.3) is 0 Å². The third-order valence-corrected chi connectivity index (χ3v) is 4.85. The lowest BCUT2D eigenvalue weighted by Crippen LogP contribution is -1.82. The van der Waals surface area contributed by atoms with Gasteiger partial charge in [0.2, 0.25) is 0 Å². The molecule has 2 nitrogen and oxygen atoms in total. The van der Waals surface area contributed by atoms with Crippen LogP contribution in [0.3, 0.4) is 0 Å². The highest BCUT2D eigenvalue weighted by molar-refractivity contribution is 5.49. The predicted octanol–water partition coefficient (Wildman–Crippen LogP) is 8.21. The average molecular weight is 369 g/mol. The molecular formula is C24H48O2. The van der Waals surface area contributed by atoms with Gasteiger partial charge >= 0.3 is 0 Å². The molecule has 0 aliphatic rings. The van der Waals surface area contributed by atoms with E-state index in [1.165, 1.54) is 103 Å². The van der Waals surface area contributed by atoms with E-state index < -0.39 is 0 Å². The minimum absolute atomic E-state index is 0.759. The molecule has 0 radical (unpaired) electrons. The Hall–Kier alpha value is -0.660. The van der Waals surface area contributed by atoms with Crippen molar-refractivity contribution in [3.05, 3.63) is 0 Å². The van der Waals surface area contributed by atoms with Crippen LogP contribution in [0.5, 0.6) is 0 Å². The summed E-state index contributed by atoms with van der Waals surface area (Å²) < 4.78 is 0. The monoisotopic (exact) mass is 368 g/mol. The number of hydrogen-bond donors (Lipinski definition) is 0. The Morgan fingerprint density at radius 3 is 0.846 bits per heavy atom. The van der Waals surface area contributed by atoms with E-state index in [9.17, 15) is 9.59 Å². The maximum Gasteiger partial charge on any atom is 0.119 e. The van der Waals surface area contributed by atoms with E-state index in [-0.39, 0.29) is 0 Å². The Morgan fingerprint density at radius 1 is 0.385 bits per heavy atom. The molecule has 0 unspecified atom stereocenters. The molecule has 156 valence electrons. The van der Waals surface area contributed by atoms with Gasteiger partial charge in [-0.1, -0.05) is 117 Å². The second-order valence-electron chi connectivity index (χ2n) is 7.57. The Labute approximate surface area is 164 Å². The first-order valence-corrected chi connectivity index (χ1v) is 11.7. The minimum Gasteiger partial charge on any atom is -0.303 e. The van der Waals surface area contributed by atoms with E-state index in [0.717, 1.165) is 38.3 Å². The number of unbranched alkanes of at least 4 members (excludes halogenated alkanes) is 18. The van der Waals surface area contributed by atoms with Crippen molar-refractivity contribution in [1.29, 1.82) is 0 Å². The average Bonchev–Trinajstić information content (AvgIpc) is 2.66. The van der Waals surface area contributed by atoms with Gasteiger partial charge in [-0.3, -0.25) is 0 Å². The summed E-state index contributed by atoms with van der Waals surface area (Å²) in [5.74, 6) is 0. The summed E-state index contributed by atoms with van der Waals surface area (Å²) in [7, 11) is 0. The van der Waals surface area contributed by atoms with E-state index in [2.05, 4.69) is 13.8 Å². The molecular weight excluding hydrogens is 320 g/mol. The second-order valence-corrected chi connectivity index (χ2v) is 7.57. The third kappa shape index (κ3) is 31.1. The zero-order valence-corrected chi connectivity index (χ0v) is 18.1. The number of carbonyl (C=O) groups is 2. The molecule has 0 aromatic rings. The number of rotatable bonds is 20. The van der Waals surface area contributed by atoms with Crippen LogP contribution >= 0.6 is 0 Å². The van der Waals surface area contributed by atoms with Gasteiger partial charge in [0.1, 0.15) is 12.6 Å². The van der Waals surface area contributed by atoms with Crippen molar-refractivity contribution < 1.29 is 9.59 Å². The number of hydrogen-bond acceptors (Lipinski definition) is 2. The van der Waals surface area contributed by atoms with Crippen LogP contribution in [-0.2, 0) is 9.59 Å². The van der Waals surface area contributed by atoms with Crippen molar-refractivity contribution in [3.63, 3.8) is 0 Å². The Morgan fingerprint density at radius 2 is 0.615 bits per heavy atom. The number of carbonyl (C=O) groups excluding carboxylic acids is 2. The zero-order chi connectivity index (χ0) is 19.6. The lowest BCUT2D eigenvalue weighted by Gasteiger charge is -2.00. The molecule has 0 amide bonds. The van der Waals surface area contributed by atoms with Crippen LogP contribution in [-0.4, -0.2) is 12.6 Å². The molecule has 0 aliphatic heterocycles. The molecule has 0 rings (SSSR count). The Balaban J connectivity index is 0. The predicted molar refractivity (Wildman–Crippen MR) is 116 cm³/mol. The van der Waals surface area contributed by atoms with Gasteiger partial charge < -0.3 is 9.59 Å². The highest BCUT2D eigenvalue weighted by atomic mass is 16.1. The molecule has 0 aliphatic carbocycles. The summed E-state index contributed by atoms with van der Waals surface area (Å²) in [6, 6.07) is 0. The first-order chi connectivity index (χ1) is 12.8. The fourth-order valence-corrected chi connectivity index (χ4v) is 3.08. The van der Waals surface area contributed by atoms with Crippen molar-refractivity contribution in [2.24, 2.45) is 0 Å². The van der Waals surface area contributed by atoms with E-state index in [1.54, 1.807) is 0 Å². The molecule has 0 aromatic heterocycles.